The van der Waals surface area contributed by atoms with Crippen molar-refractivity contribution in [1.82, 2.24) is 14.9 Å². The van der Waals surface area contributed by atoms with E-state index in [1.165, 1.54) is 18.5 Å². The molecular weight excluding hydrogens is 350 g/mol. The van der Waals surface area contributed by atoms with E-state index in [9.17, 15) is 4.79 Å². The first-order valence-electron chi connectivity index (χ1n) is 10.4. The highest BCUT2D eigenvalue weighted by molar-refractivity contribution is 5.92. The summed E-state index contributed by atoms with van der Waals surface area (Å²) < 4.78 is 0. The number of carbonyl (C=O) groups excluding carboxylic acids is 1. The van der Waals surface area contributed by atoms with Crippen LogP contribution in [0.5, 0.6) is 0 Å². The minimum Gasteiger partial charge on any atom is -0.372 e. The summed E-state index contributed by atoms with van der Waals surface area (Å²) in [6.45, 7) is 9.98. The van der Waals surface area contributed by atoms with Crippen molar-refractivity contribution in [3.63, 3.8) is 0 Å². The summed E-state index contributed by atoms with van der Waals surface area (Å²) in [6.07, 6.45) is 6.19. The highest BCUT2D eigenvalue weighted by Crippen LogP contribution is 2.24. The minimum atomic E-state index is 0.000883. The number of rotatable bonds is 6. The zero-order valence-corrected chi connectivity index (χ0v) is 17.2. The summed E-state index contributed by atoms with van der Waals surface area (Å²) in [6, 6.07) is 8.03. The summed E-state index contributed by atoms with van der Waals surface area (Å²) in [5, 5.41) is 3.27. The third-order valence-electron chi connectivity index (χ3n) is 5.35. The summed E-state index contributed by atoms with van der Waals surface area (Å²) in [7, 11) is 0. The van der Waals surface area contributed by atoms with Gasteiger partial charge >= 0.3 is 0 Å². The predicted molar refractivity (Wildman–Crippen MR) is 114 cm³/mol. The number of hydrogen-bond donors (Lipinski definition) is 1. The zero-order chi connectivity index (χ0) is 19.9. The van der Waals surface area contributed by atoms with Gasteiger partial charge in [0.05, 0.1) is 0 Å². The van der Waals surface area contributed by atoms with E-state index in [-0.39, 0.29) is 5.91 Å². The highest BCUT2D eigenvalue weighted by Gasteiger charge is 2.19. The predicted octanol–water partition coefficient (Wildman–Crippen LogP) is 4.39. The summed E-state index contributed by atoms with van der Waals surface area (Å²) in [5.74, 6) is 0.459. The van der Waals surface area contributed by atoms with Gasteiger partial charge in [-0.3, -0.25) is 4.79 Å². The van der Waals surface area contributed by atoms with Crippen molar-refractivity contribution in [2.75, 3.05) is 36.4 Å². The number of hydrogen-bond acceptors (Lipinski definition) is 5. The van der Waals surface area contributed by atoms with Crippen LogP contribution < -0.4 is 10.2 Å². The first-order chi connectivity index (χ1) is 13.6. The fourth-order valence-electron chi connectivity index (χ4n) is 3.67. The first kappa shape index (κ1) is 20.1. The molecule has 1 N–H and O–H groups in total. The Bertz CT molecular complexity index is 795. The van der Waals surface area contributed by atoms with Gasteiger partial charge in [0, 0.05) is 43.8 Å². The lowest BCUT2D eigenvalue weighted by molar-refractivity contribution is 0.0755. The fraction of sp³-hybridized carbons (Fsp3) is 0.500. The molecule has 1 aliphatic heterocycles. The van der Waals surface area contributed by atoms with Crippen LogP contribution in [0.25, 0.3) is 0 Å². The van der Waals surface area contributed by atoms with Crippen molar-refractivity contribution in [2.24, 2.45) is 0 Å². The number of anilines is 3. The van der Waals surface area contributed by atoms with Crippen LogP contribution in [0.2, 0.25) is 0 Å². The number of aromatic nitrogens is 2. The smallest absolute Gasteiger partial charge is 0.272 e. The minimum absolute atomic E-state index is 0.000883. The summed E-state index contributed by atoms with van der Waals surface area (Å²) in [4.78, 5) is 25.8. The molecule has 1 aliphatic rings. The monoisotopic (exact) mass is 381 g/mol. The van der Waals surface area contributed by atoms with E-state index in [4.69, 9.17) is 0 Å². The van der Waals surface area contributed by atoms with Gasteiger partial charge in [-0.2, -0.15) is 0 Å². The van der Waals surface area contributed by atoms with Crippen LogP contribution in [0, 0.1) is 6.92 Å². The lowest BCUT2D eigenvalue weighted by atomic mass is 10.1. The molecule has 6 nitrogen and oxygen atoms in total. The quantitative estimate of drug-likeness (QED) is 0.804. The second kappa shape index (κ2) is 9.53. The van der Waals surface area contributed by atoms with Crippen LogP contribution in [-0.2, 0) is 0 Å². The standard InChI is InChI=1S/C22H31N5O/c1-4-26(5-2)18-10-11-19(17(3)16-18)24-22-23-13-12-20(25-22)21(28)27-14-8-6-7-9-15-27/h10-13,16H,4-9,14-15H2,1-3H3,(H,23,24,25). The Labute approximate surface area is 168 Å². The van der Waals surface area contributed by atoms with E-state index in [0.717, 1.165) is 50.3 Å². The van der Waals surface area contributed by atoms with Crippen molar-refractivity contribution >= 4 is 23.2 Å². The van der Waals surface area contributed by atoms with Crippen molar-refractivity contribution in [2.45, 2.75) is 46.5 Å². The van der Waals surface area contributed by atoms with E-state index in [2.05, 4.69) is 59.2 Å². The molecule has 1 saturated heterocycles. The Morgan fingerprint density at radius 2 is 1.82 bits per heavy atom. The van der Waals surface area contributed by atoms with Gasteiger partial charge in [-0.15, -0.1) is 0 Å². The molecule has 2 heterocycles. The van der Waals surface area contributed by atoms with Crippen LogP contribution in [0.15, 0.2) is 30.5 Å². The normalized spacial score (nSPS) is 14.5. The van der Waals surface area contributed by atoms with Crippen molar-refractivity contribution < 1.29 is 4.79 Å². The molecule has 0 aliphatic carbocycles. The molecule has 6 heteroatoms. The Kier molecular flexibility index (Phi) is 6.85. The SMILES string of the molecule is CCN(CC)c1ccc(Nc2nccc(C(=O)N3CCCCCC3)n2)c(C)c1. The highest BCUT2D eigenvalue weighted by atomic mass is 16.2. The zero-order valence-electron chi connectivity index (χ0n) is 17.2. The second-order valence-electron chi connectivity index (χ2n) is 7.27. The lowest BCUT2D eigenvalue weighted by Gasteiger charge is -2.22. The maximum absolute atomic E-state index is 12.8. The number of likely N-dealkylation sites (tertiary alicyclic amines) is 1. The number of carbonyl (C=O) groups is 1. The Hall–Kier alpha value is -2.63. The number of nitrogens with one attached hydrogen (secondary N) is 1. The van der Waals surface area contributed by atoms with Gasteiger partial charge < -0.3 is 15.1 Å². The molecule has 1 aromatic carbocycles. The third kappa shape index (κ3) is 4.80. The molecule has 0 saturated carbocycles. The van der Waals surface area contributed by atoms with Crippen LogP contribution in [0.1, 0.15) is 55.6 Å². The molecule has 3 rings (SSSR count). The van der Waals surface area contributed by atoms with Gasteiger partial charge in [0.15, 0.2) is 0 Å². The topological polar surface area (TPSA) is 61.4 Å². The van der Waals surface area contributed by atoms with Crippen molar-refractivity contribution in [3.05, 3.63) is 41.7 Å². The molecule has 0 bridgehead atoms. The van der Waals surface area contributed by atoms with Crippen molar-refractivity contribution in [3.8, 4) is 0 Å². The number of amides is 1. The van der Waals surface area contributed by atoms with E-state index in [1.54, 1.807) is 12.3 Å². The number of benzene rings is 1. The molecule has 0 spiro atoms. The number of aryl methyl sites for hydroxylation is 1. The molecule has 28 heavy (non-hydrogen) atoms. The fourth-order valence-corrected chi connectivity index (χ4v) is 3.67. The van der Waals surface area contributed by atoms with E-state index < -0.39 is 0 Å². The molecule has 1 fully saturated rings. The maximum atomic E-state index is 12.8. The van der Waals surface area contributed by atoms with Gasteiger partial charge in [-0.05, 0) is 63.4 Å². The third-order valence-corrected chi connectivity index (χ3v) is 5.35. The molecule has 0 atom stereocenters. The Balaban J connectivity index is 1.74. The molecule has 1 amide bonds. The largest absolute Gasteiger partial charge is 0.372 e. The van der Waals surface area contributed by atoms with Gasteiger partial charge in [0.25, 0.3) is 5.91 Å². The van der Waals surface area contributed by atoms with E-state index in [1.807, 2.05) is 4.90 Å². The summed E-state index contributed by atoms with van der Waals surface area (Å²) in [5.41, 5.74) is 3.74. The van der Waals surface area contributed by atoms with Crippen LogP contribution >= 0.6 is 0 Å². The lowest BCUT2D eigenvalue weighted by Crippen LogP contribution is -2.32. The average Bonchev–Trinajstić information content (AvgIpc) is 3.00. The molecule has 150 valence electrons. The van der Waals surface area contributed by atoms with E-state index >= 15 is 0 Å². The van der Waals surface area contributed by atoms with Gasteiger partial charge in [-0.1, -0.05) is 12.8 Å². The molecule has 2 aromatic rings. The van der Waals surface area contributed by atoms with Crippen LogP contribution in [-0.4, -0.2) is 47.0 Å². The average molecular weight is 382 g/mol. The van der Waals surface area contributed by atoms with Gasteiger partial charge in [0.2, 0.25) is 5.95 Å². The first-order valence-corrected chi connectivity index (χ1v) is 10.4. The Morgan fingerprint density at radius 3 is 2.46 bits per heavy atom. The molecule has 0 radical (unpaired) electrons. The summed E-state index contributed by atoms with van der Waals surface area (Å²) >= 11 is 0. The molecular formula is C22H31N5O. The van der Waals surface area contributed by atoms with E-state index in [0.29, 0.717) is 11.6 Å². The van der Waals surface area contributed by atoms with Crippen molar-refractivity contribution in [1.29, 1.82) is 0 Å². The van der Waals surface area contributed by atoms with Gasteiger partial charge in [0.1, 0.15) is 5.69 Å². The van der Waals surface area contributed by atoms with Crippen LogP contribution in [0.4, 0.5) is 17.3 Å². The molecule has 0 unspecified atom stereocenters. The maximum Gasteiger partial charge on any atom is 0.272 e. The second-order valence-corrected chi connectivity index (χ2v) is 7.27. The molecule has 1 aromatic heterocycles. The van der Waals surface area contributed by atoms with Gasteiger partial charge in [-0.25, -0.2) is 9.97 Å². The van der Waals surface area contributed by atoms with Crippen LogP contribution in [0.3, 0.4) is 0 Å². The number of nitrogens with zero attached hydrogens (tertiary/aromatic N) is 4. The Morgan fingerprint density at radius 1 is 1.11 bits per heavy atom.